The van der Waals surface area contributed by atoms with Gasteiger partial charge in [-0.3, -0.25) is 4.98 Å². The highest BCUT2D eigenvalue weighted by Crippen LogP contribution is 2.27. The SMILES string of the molecule is Fc1ccc(Br)c(OCc2cccc3cccnc23)c1. The summed E-state index contributed by atoms with van der Waals surface area (Å²) in [6.45, 7) is 0.344. The number of nitrogens with zero attached hydrogens (tertiary/aromatic N) is 1. The average molecular weight is 332 g/mol. The lowest BCUT2D eigenvalue weighted by Gasteiger charge is -2.10. The van der Waals surface area contributed by atoms with E-state index in [1.165, 1.54) is 12.1 Å². The van der Waals surface area contributed by atoms with Crippen molar-refractivity contribution in [2.45, 2.75) is 6.61 Å². The first kappa shape index (κ1) is 13.1. The number of benzene rings is 2. The van der Waals surface area contributed by atoms with E-state index in [0.29, 0.717) is 12.4 Å². The van der Waals surface area contributed by atoms with Gasteiger partial charge in [-0.25, -0.2) is 4.39 Å². The molecule has 3 rings (SSSR count). The molecule has 0 N–H and O–H groups in total. The van der Waals surface area contributed by atoms with Gasteiger partial charge in [0.15, 0.2) is 0 Å². The maximum atomic E-state index is 13.2. The van der Waals surface area contributed by atoms with Gasteiger partial charge in [0.05, 0.1) is 9.99 Å². The van der Waals surface area contributed by atoms with Gasteiger partial charge in [-0.1, -0.05) is 24.3 Å². The summed E-state index contributed by atoms with van der Waals surface area (Å²) in [5, 5.41) is 1.06. The molecule has 4 heteroatoms. The molecular formula is C16H11BrFNO. The van der Waals surface area contributed by atoms with E-state index in [1.807, 2.05) is 30.3 Å². The molecule has 0 saturated heterocycles. The Balaban J connectivity index is 1.89. The molecule has 0 radical (unpaired) electrons. The van der Waals surface area contributed by atoms with Gasteiger partial charge >= 0.3 is 0 Å². The predicted molar refractivity (Wildman–Crippen MR) is 80.2 cm³/mol. The standard InChI is InChI=1S/C16H11BrFNO/c17-14-7-6-13(18)9-15(14)20-10-12-4-1-3-11-5-2-8-19-16(11)12/h1-9H,10H2. The maximum absolute atomic E-state index is 13.2. The minimum Gasteiger partial charge on any atom is -0.488 e. The van der Waals surface area contributed by atoms with Crippen LogP contribution in [0.5, 0.6) is 5.75 Å². The number of fused-ring (bicyclic) bond motifs is 1. The average Bonchev–Trinajstić information content (AvgIpc) is 2.48. The molecule has 0 spiro atoms. The highest BCUT2D eigenvalue weighted by molar-refractivity contribution is 9.10. The second kappa shape index (κ2) is 5.59. The lowest BCUT2D eigenvalue weighted by Crippen LogP contribution is -1.98. The van der Waals surface area contributed by atoms with Gasteiger partial charge in [-0.05, 0) is 34.1 Å². The molecule has 100 valence electrons. The van der Waals surface area contributed by atoms with Crippen LogP contribution >= 0.6 is 15.9 Å². The number of halogens is 2. The molecule has 2 aromatic carbocycles. The fourth-order valence-electron chi connectivity index (χ4n) is 2.03. The smallest absolute Gasteiger partial charge is 0.136 e. The van der Waals surface area contributed by atoms with E-state index >= 15 is 0 Å². The van der Waals surface area contributed by atoms with Crippen LogP contribution in [-0.2, 0) is 6.61 Å². The third kappa shape index (κ3) is 2.65. The zero-order valence-corrected chi connectivity index (χ0v) is 12.1. The Kier molecular flexibility index (Phi) is 3.65. The van der Waals surface area contributed by atoms with Crippen LogP contribution in [0, 0.1) is 5.82 Å². The summed E-state index contributed by atoms with van der Waals surface area (Å²) in [6.07, 6.45) is 1.75. The molecule has 0 aliphatic carbocycles. The number of rotatable bonds is 3. The third-order valence-corrected chi connectivity index (χ3v) is 3.65. The molecule has 0 saturated carbocycles. The molecule has 1 heterocycles. The van der Waals surface area contributed by atoms with E-state index in [-0.39, 0.29) is 5.82 Å². The number of hydrogen-bond donors (Lipinski definition) is 0. The second-order valence-corrected chi connectivity index (χ2v) is 5.21. The van der Waals surface area contributed by atoms with Crippen molar-refractivity contribution in [3.8, 4) is 5.75 Å². The van der Waals surface area contributed by atoms with Gasteiger partial charge < -0.3 is 4.74 Å². The molecule has 0 aliphatic rings. The summed E-state index contributed by atoms with van der Waals surface area (Å²) in [7, 11) is 0. The summed E-state index contributed by atoms with van der Waals surface area (Å²) in [4.78, 5) is 4.37. The minimum atomic E-state index is -0.320. The Labute approximate surface area is 124 Å². The van der Waals surface area contributed by atoms with Crippen LogP contribution in [-0.4, -0.2) is 4.98 Å². The summed E-state index contributed by atoms with van der Waals surface area (Å²) in [5.41, 5.74) is 1.88. The van der Waals surface area contributed by atoms with Crippen molar-refractivity contribution in [3.05, 3.63) is 70.6 Å². The molecule has 1 aromatic heterocycles. The van der Waals surface area contributed by atoms with Crippen molar-refractivity contribution in [1.29, 1.82) is 0 Å². The highest BCUT2D eigenvalue weighted by atomic mass is 79.9. The van der Waals surface area contributed by atoms with Crippen LogP contribution < -0.4 is 4.74 Å². The van der Waals surface area contributed by atoms with Crippen LogP contribution in [0.3, 0.4) is 0 Å². The summed E-state index contributed by atoms with van der Waals surface area (Å²) in [5.74, 6) is 0.164. The quantitative estimate of drug-likeness (QED) is 0.693. The predicted octanol–water partition coefficient (Wildman–Crippen LogP) is 4.72. The fourth-order valence-corrected chi connectivity index (χ4v) is 2.39. The Morgan fingerprint density at radius 2 is 1.95 bits per heavy atom. The van der Waals surface area contributed by atoms with Crippen LogP contribution in [0.2, 0.25) is 0 Å². The van der Waals surface area contributed by atoms with Crippen molar-refractivity contribution in [3.63, 3.8) is 0 Å². The monoisotopic (exact) mass is 331 g/mol. The number of ether oxygens (including phenoxy) is 1. The summed E-state index contributed by atoms with van der Waals surface area (Å²) >= 11 is 3.35. The van der Waals surface area contributed by atoms with Crippen LogP contribution in [0.15, 0.2) is 59.2 Å². The molecule has 2 nitrogen and oxygen atoms in total. The lowest BCUT2D eigenvalue weighted by atomic mass is 10.1. The third-order valence-electron chi connectivity index (χ3n) is 2.99. The Morgan fingerprint density at radius 3 is 2.85 bits per heavy atom. The number of hydrogen-bond acceptors (Lipinski definition) is 2. The van der Waals surface area contributed by atoms with Gasteiger partial charge in [-0.2, -0.15) is 0 Å². The fraction of sp³-hybridized carbons (Fsp3) is 0.0625. The number of pyridine rings is 1. The van der Waals surface area contributed by atoms with Crippen LogP contribution in [0.1, 0.15) is 5.56 Å². The van der Waals surface area contributed by atoms with Gasteiger partial charge in [0.2, 0.25) is 0 Å². The van der Waals surface area contributed by atoms with Gasteiger partial charge in [0.1, 0.15) is 18.2 Å². The first-order valence-corrected chi connectivity index (χ1v) is 6.94. The molecule has 20 heavy (non-hydrogen) atoms. The van der Waals surface area contributed by atoms with Crippen molar-refractivity contribution in [1.82, 2.24) is 4.98 Å². The first-order valence-electron chi connectivity index (χ1n) is 6.14. The van der Waals surface area contributed by atoms with Crippen LogP contribution in [0.25, 0.3) is 10.9 Å². The first-order chi connectivity index (χ1) is 9.74. The Hall–Kier alpha value is -1.94. The highest BCUT2D eigenvalue weighted by Gasteiger charge is 2.06. The number of aromatic nitrogens is 1. The summed E-state index contributed by atoms with van der Waals surface area (Å²) in [6, 6.07) is 14.2. The molecule has 0 aliphatic heterocycles. The summed E-state index contributed by atoms with van der Waals surface area (Å²) < 4.78 is 19.6. The van der Waals surface area contributed by atoms with E-state index in [2.05, 4.69) is 20.9 Å². The van der Waals surface area contributed by atoms with Gasteiger partial charge in [-0.15, -0.1) is 0 Å². The van der Waals surface area contributed by atoms with E-state index < -0.39 is 0 Å². The van der Waals surface area contributed by atoms with Crippen molar-refractivity contribution in [2.75, 3.05) is 0 Å². The number of para-hydroxylation sites is 1. The largest absolute Gasteiger partial charge is 0.488 e. The normalized spacial score (nSPS) is 10.7. The van der Waals surface area contributed by atoms with E-state index in [0.717, 1.165) is 20.9 Å². The second-order valence-electron chi connectivity index (χ2n) is 4.36. The molecule has 0 unspecified atom stereocenters. The molecule has 0 amide bonds. The maximum Gasteiger partial charge on any atom is 0.136 e. The zero-order chi connectivity index (χ0) is 13.9. The van der Waals surface area contributed by atoms with E-state index in [1.54, 1.807) is 12.3 Å². The van der Waals surface area contributed by atoms with Crippen LogP contribution in [0.4, 0.5) is 4.39 Å². The van der Waals surface area contributed by atoms with Gasteiger partial charge in [0.25, 0.3) is 0 Å². The lowest BCUT2D eigenvalue weighted by molar-refractivity contribution is 0.304. The molecule has 0 bridgehead atoms. The molecule has 0 fully saturated rings. The van der Waals surface area contributed by atoms with E-state index in [9.17, 15) is 4.39 Å². The molecular weight excluding hydrogens is 321 g/mol. The molecule has 0 atom stereocenters. The topological polar surface area (TPSA) is 22.1 Å². The minimum absolute atomic E-state index is 0.320. The van der Waals surface area contributed by atoms with Gasteiger partial charge in [0, 0.05) is 23.2 Å². The molecule has 3 aromatic rings. The van der Waals surface area contributed by atoms with Crippen molar-refractivity contribution >= 4 is 26.8 Å². The van der Waals surface area contributed by atoms with Crippen molar-refractivity contribution < 1.29 is 9.13 Å². The zero-order valence-electron chi connectivity index (χ0n) is 10.5. The van der Waals surface area contributed by atoms with Crippen molar-refractivity contribution in [2.24, 2.45) is 0 Å². The Bertz CT molecular complexity index is 755. The van der Waals surface area contributed by atoms with E-state index in [4.69, 9.17) is 4.74 Å². The Morgan fingerprint density at radius 1 is 1.10 bits per heavy atom.